The summed E-state index contributed by atoms with van der Waals surface area (Å²) in [6.07, 6.45) is 0.644. The van der Waals surface area contributed by atoms with Crippen molar-refractivity contribution < 1.29 is 14.2 Å². The van der Waals surface area contributed by atoms with Crippen molar-refractivity contribution in [2.24, 2.45) is 0 Å². The van der Waals surface area contributed by atoms with E-state index in [1.54, 1.807) is 12.1 Å². The molecule has 0 atom stereocenters. The maximum absolute atomic E-state index is 13.1. The Bertz CT molecular complexity index is 540. The van der Waals surface area contributed by atoms with Crippen LogP contribution in [0.4, 0.5) is 4.39 Å². The van der Waals surface area contributed by atoms with Crippen LogP contribution in [0, 0.1) is 5.82 Å². The molecule has 0 aliphatic carbocycles. The molecule has 0 amide bonds. The van der Waals surface area contributed by atoms with Gasteiger partial charge in [-0.15, -0.1) is 0 Å². The monoisotopic (exact) mass is 324 g/mol. The van der Waals surface area contributed by atoms with E-state index < -0.39 is 0 Å². The summed E-state index contributed by atoms with van der Waals surface area (Å²) in [7, 11) is 0. The molecular formula is C15H14BrFO2. The van der Waals surface area contributed by atoms with Gasteiger partial charge in [-0.25, -0.2) is 4.39 Å². The number of ether oxygens (including phenoxy) is 1. The zero-order chi connectivity index (χ0) is 13.7. The molecule has 2 nitrogen and oxygen atoms in total. The Hall–Kier alpha value is -1.39. The molecule has 0 spiro atoms. The summed E-state index contributed by atoms with van der Waals surface area (Å²) in [5, 5.41) is 8.82. The Morgan fingerprint density at radius 1 is 1.05 bits per heavy atom. The summed E-state index contributed by atoms with van der Waals surface area (Å²) < 4.78 is 19.1. The lowest BCUT2D eigenvalue weighted by molar-refractivity contribution is 0.298. The third-order valence-electron chi connectivity index (χ3n) is 2.71. The smallest absolute Gasteiger partial charge is 0.137 e. The third-order valence-corrected chi connectivity index (χ3v) is 3.32. The predicted molar refractivity (Wildman–Crippen MR) is 75.7 cm³/mol. The van der Waals surface area contributed by atoms with Crippen LogP contribution in [0.5, 0.6) is 5.75 Å². The molecule has 0 bridgehead atoms. The van der Waals surface area contributed by atoms with Crippen molar-refractivity contribution in [2.75, 3.05) is 6.61 Å². The topological polar surface area (TPSA) is 29.5 Å². The first-order valence-electron chi connectivity index (χ1n) is 5.95. The molecule has 19 heavy (non-hydrogen) atoms. The number of hydrogen-bond acceptors (Lipinski definition) is 2. The predicted octanol–water partition coefficient (Wildman–Crippen LogP) is 3.70. The van der Waals surface area contributed by atoms with Crippen LogP contribution in [0.1, 0.15) is 11.1 Å². The Morgan fingerprint density at radius 3 is 2.37 bits per heavy atom. The largest absolute Gasteiger partial charge is 0.489 e. The van der Waals surface area contributed by atoms with Crippen LogP contribution in [0.3, 0.4) is 0 Å². The van der Waals surface area contributed by atoms with E-state index in [9.17, 15) is 4.39 Å². The van der Waals surface area contributed by atoms with E-state index in [4.69, 9.17) is 9.84 Å². The average Bonchev–Trinajstić information content (AvgIpc) is 2.42. The van der Waals surface area contributed by atoms with E-state index in [0.29, 0.717) is 17.5 Å². The van der Waals surface area contributed by atoms with Gasteiger partial charge in [0.05, 0.1) is 4.47 Å². The quantitative estimate of drug-likeness (QED) is 0.908. The second-order valence-electron chi connectivity index (χ2n) is 4.15. The van der Waals surface area contributed by atoms with E-state index in [1.807, 2.05) is 24.3 Å². The lowest BCUT2D eigenvalue weighted by Gasteiger charge is -2.07. The number of halogens is 2. The van der Waals surface area contributed by atoms with E-state index in [-0.39, 0.29) is 12.4 Å². The summed E-state index contributed by atoms with van der Waals surface area (Å²) in [4.78, 5) is 0. The molecule has 2 rings (SSSR count). The number of benzene rings is 2. The first kappa shape index (κ1) is 14.0. The van der Waals surface area contributed by atoms with Crippen LogP contribution >= 0.6 is 15.9 Å². The van der Waals surface area contributed by atoms with Crippen molar-refractivity contribution in [3.63, 3.8) is 0 Å². The maximum Gasteiger partial charge on any atom is 0.137 e. The number of aliphatic hydroxyl groups excluding tert-OH is 1. The molecule has 0 saturated carbocycles. The number of hydrogen-bond donors (Lipinski definition) is 1. The van der Waals surface area contributed by atoms with Crippen LogP contribution in [0.25, 0.3) is 0 Å². The molecule has 1 N–H and O–H groups in total. The van der Waals surface area contributed by atoms with E-state index >= 15 is 0 Å². The van der Waals surface area contributed by atoms with Gasteiger partial charge in [0.15, 0.2) is 0 Å². The Kier molecular flexibility index (Phi) is 4.93. The van der Waals surface area contributed by atoms with Crippen molar-refractivity contribution in [1.29, 1.82) is 0 Å². The van der Waals surface area contributed by atoms with Crippen molar-refractivity contribution >= 4 is 15.9 Å². The normalized spacial score (nSPS) is 10.5. The van der Waals surface area contributed by atoms with Gasteiger partial charge in [-0.05, 0) is 57.7 Å². The minimum Gasteiger partial charge on any atom is -0.489 e. The molecule has 0 radical (unpaired) electrons. The van der Waals surface area contributed by atoms with Gasteiger partial charge < -0.3 is 9.84 Å². The molecule has 0 unspecified atom stereocenters. The van der Waals surface area contributed by atoms with Gasteiger partial charge in [0.2, 0.25) is 0 Å². The Balaban J connectivity index is 1.96. The molecule has 0 aromatic heterocycles. The molecule has 2 aromatic carbocycles. The zero-order valence-corrected chi connectivity index (χ0v) is 11.9. The molecule has 0 fully saturated rings. The van der Waals surface area contributed by atoms with Crippen LogP contribution in [-0.4, -0.2) is 11.7 Å². The first-order chi connectivity index (χ1) is 9.19. The van der Waals surface area contributed by atoms with Gasteiger partial charge in [0, 0.05) is 6.61 Å². The van der Waals surface area contributed by atoms with Crippen molar-refractivity contribution in [2.45, 2.75) is 13.0 Å². The fourth-order valence-electron chi connectivity index (χ4n) is 1.68. The highest BCUT2D eigenvalue weighted by atomic mass is 79.9. The molecule has 0 aliphatic rings. The second-order valence-corrected chi connectivity index (χ2v) is 5.01. The van der Waals surface area contributed by atoms with E-state index in [2.05, 4.69) is 15.9 Å². The van der Waals surface area contributed by atoms with Crippen molar-refractivity contribution in [3.05, 3.63) is 63.9 Å². The highest BCUT2D eigenvalue weighted by Gasteiger charge is 2.01. The molecule has 4 heteroatoms. The Morgan fingerprint density at radius 2 is 1.74 bits per heavy atom. The minimum absolute atomic E-state index is 0.143. The highest BCUT2D eigenvalue weighted by molar-refractivity contribution is 9.10. The molecule has 0 heterocycles. The molecule has 2 aromatic rings. The van der Waals surface area contributed by atoms with Gasteiger partial charge in [0.25, 0.3) is 0 Å². The van der Waals surface area contributed by atoms with Gasteiger partial charge in [0.1, 0.15) is 18.2 Å². The zero-order valence-electron chi connectivity index (χ0n) is 10.3. The summed E-state index contributed by atoms with van der Waals surface area (Å²) in [6.45, 7) is 0.530. The van der Waals surface area contributed by atoms with E-state index in [0.717, 1.165) is 16.9 Å². The third kappa shape index (κ3) is 4.04. The van der Waals surface area contributed by atoms with Crippen LogP contribution in [0.15, 0.2) is 46.9 Å². The van der Waals surface area contributed by atoms with Crippen LogP contribution < -0.4 is 4.74 Å². The lowest BCUT2D eigenvalue weighted by atomic mass is 10.1. The number of rotatable bonds is 5. The van der Waals surface area contributed by atoms with Gasteiger partial charge in [-0.3, -0.25) is 0 Å². The van der Waals surface area contributed by atoms with Gasteiger partial charge in [-0.2, -0.15) is 0 Å². The van der Waals surface area contributed by atoms with Crippen molar-refractivity contribution in [1.82, 2.24) is 0 Å². The summed E-state index contributed by atoms with van der Waals surface area (Å²) in [5.41, 5.74) is 1.96. The average molecular weight is 325 g/mol. The fourth-order valence-corrected chi connectivity index (χ4v) is 2.10. The molecule has 0 aliphatic heterocycles. The fraction of sp³-hybridized carbons (Fsp3) is 0.200. The SMILES string of the molecule is OCCc1ccc(OCc2ccc(F)c(Br)c2)cc1. The van der Waals surface area contributed by atoms with E-state index in [1.165, 1.54) is 6.07 Å². The first-order valence-corrected chi connectivity index (χ1v) is 6.75. The summed E-state index contributed by atoms with van der Waals surface area (Å²) >= 11 is 3.14. The van der Waals surface area contributed by atoms with Gasteiger partial charge in [-0.1, -0.05) is 18.2 Å². The van der Waals surface area contributed by atoms with Crippen LogP contribution in [0.2, 0.25) is 0 Å². The lowest BCUT2D eigenvalue weighted by Crippen LogP contribution is -1.96. The standard InChI is InChI=1S/C15H14BrFO2/c16-14-9-12(3-6-15(14)17)10-19-13-4-1-11(2-5-13)7-8-18/h1-6,9,18H,7-8,10H2. The molecular weight excluding hydrogens is 311 g/mol. The maximum atomic E-state index is 13.1. The summed E-state index contributed by atoms with van der Waals surface area (Å²) in [6, 6.07) is 12.4. The molecule has 100 valence electrons. The Labute approximate surface area is 120 Å². The second kappa shape index (κ2) is 6.68. The highest BCUT2D eigenvalue weighted by Crippen LogP contribution is 2.19. The minimum atomic E-state index is -0.280. The van der Waals surface area contributed by atoms with Crippen molar-refractivity contribution in [3.8, 4) is 5.75 Å². The number of aliphatic hydroxyl groups is 1. The molecule has 0 saturated heterocycles. The summed E-state index contributed by atoms with van der Waals surface area (Å²) in [5.74, 6) is 0.472. The van der Waals surface area contributed by atoms with Crippen LogP contribution in [-0.2, 0) is 13.0 Å². The van der Waals surface area contributed by atoms with Gasteiger partial charge >= 0.3 is 0 Å².